The molecule has 0 unspecified atom stereocenters. The van der Waals surface area contributed by atoms with Gasteiger partial charge in [-0.05, 0) is 36.3 Å². The van der Waals surface area contributed by atoms with Gasteiger partial charge in [-0.1, -0.05) is 59.8 Å². The molecule has 0 atom stereocenters. The summed E-state index contributed by atoms with van der Waals surface area (Å²) < 4.78 is 0. The Balaban J connectivity index is 1.57. The quantitative estimate of drug-likeness (QED) is 0.738. The maximum absolute atomic E-state index is 12.7. The van der Waals surface area contributed by atoms with Crippen LogP contribution in [0.4, 0.5) is 5.69 Å². The van der Waals surface area contributed by atoms with Crippen molar-refractivity contribution in [2.45, 2.75) is 6.92 Å². The highest BCUT2D eigenvalue weighted by Gasteiger charge is 2.35. The first-order valence-corrected chi connectivity index (χ1v) is 9.29. The molecule has 4 nitrogen and oxygen atoms in total. The van der Waals surface area contributed by atoms with E-state index >= 15 is 0 Å². The fourth-order valence-electron chi connectivity index (χ4n) is 2.75. The number of benzene rings is 2. The Morgan fingerprint density at radius 2 is 2.00 bits per heavy atom. The van der Waals surface area contributed by atoms with Gasteiger partial charge in [0.1, 0.15) is 12.4 Å². The molecule has 1 amide bonds. The molecule has 0 spiro atoms. The van der Waals surface area contributed by atoms with Crippen LogP contribution in [-0.4, -0.2) is 28.5 Å². The summed E-state index contributed by atoms with van der Waals surface area (Å²) in [5.74, 6) is 0.676. The summed E-state index contributed by atoms with van der Waals surface area (Å²) in [7, 11) is 0. The van der Waals surface area contributed by atoms with Gasteiger partial charge in [0.15, 0.2) is 5.17 Å². The molecule has 1 saturated heterocycles. The number of amides is 1. The van der Waals surface area contributed by atoms with E-state index < -0.39 is 0 Å². The van der Waals surface area contributed by atoms with Crippen molar-refractivity contribution in [2.75, 3.05) is 17.4 Å². The fraction of sp³-hybridized carbons (Fsp3) is 0.158. The van der Waals surface area contributed by atoms with E-state index in [1.54, 1.807) is 16.7 Å². The summed E-state index contributed by atoms with van der Waals surface area (Å²) in [5, 5.41) is 1.50. The summed E-state index contributed by atoms with van der Waals surface area (Å²) in [6.45, 7) is 2.46. The number of fused-ring (bicyclic) bond motifs is 1. The molecule has 2 aliphatic heterocycles. The second kappa shape index (κ2) is 6.58. The van der Waals surface area contributed by atoms with Crippen LogP contribution in [0.5, 0.6) is 0 Å². The van der Waals surface area contributed by atoms with Crippen LogP contribution in [0.2, 0.25) is 5.02 Å². The van der Waals surface area contributed by atoms with Crippen molar-refractivity contribution >= 4 is 46.2 Å². The Morgan fingerprint density at radius 3 is 2.76 bits per heavy atom. The molecule has 126 valence electrons. The monoisotopic (exact) mass is 369 g/mol. The molecular formula is C19H16ClN3OS. The average Bonchev–Trinajstić information content (AvgIpc) is 2.94. The minimum Gasteiger partial charge on any atom is -0.343 e. The van der Waals surface area contributed by atoms with E-state index in [0.717, 1.165) is 32.9 Å². The van der Waals surface area contributed by atoms with E-state index in [1.807, 2.05) is 61.5 Å². The Morgan fingerprint density at radius 1 is 1.20 bits per heavy atom. The molecule has 0 aromatic heterocycles. The molecule has 2 heterocycles. The van der Waals surface area contributed by atoms with Gasteiger partial charge in [0.05, 0.1) is 5.88 Å². The summed E-state index contributed by atoms with van der Waals surface area (Å²) in [6, 6.07) is 15.8. The third kappa shape index (κ3) is 3.17. The molecular weight excluding hydrogens is 354 g/mol. The first kappa shape index (κ1) is 16.2. The van der Waals surface area contributed by atoms with E-state index in [-0.39, 0.29) is 5.91 Å². The Labute approximate surface area is 155 Å². The number of carbonyl (C=O) groups is 1. The highest BCUT2D eigenvalue weighted by atomic mass is 35.5. The number of rotatable bonds is 2. The SMILES string of the molecule is Cc1ccc(N2CSC3=NC(=Cc4ccccc4)C(=O)N3C2)cc1Cl. The zero-order valence-electron chi connectivity index (χ0n) is 13.6. The number of thioether (sulfide) groups is 1. The van der Waals surface area contributed by atoms with Gasteiger partial charge < -0.3 is 4.90 Å². The Kier molecular flexibility index (Phi) is 4.27. The molecule has 2 aromatic carbocycles. The smallest absolute Gasteiger partial charge is 0.280 e. The zero-order chi connectivity index (χ0) is 17.4. The summed E-state index contributed by atoms with van der Waals surface area (Å²) in [6.07, 6.45) is 1.83. The Bertz CT molecular complexity index is 895. The molecule has 0 bridgehead atoms. The van der Waals surface area contributed by atoms with Crippen molar-refractivity contribution in [3.05, 3.63) is 70.4 Å². The van der Waals surface area contributed by atoms with E-state index in [9.17, 15) is 4.79 Å². The number of hydrogen-bond acceptors (Lipinski definition) is 4. The van der Waals surface area contributed by atoms with E-state index in [0.29, 0.717) is 12.4 Å². The summed E-state index contributed by atoms with van der Waals surface area (Å²) in [4.78, 5) is 21.1. The molecule has 2 aromatic rings. The molecule has 0 aliphatic carbocycles. The van der Waals surface area contributed by atoms with Crippen molar-refractivity contribution in [3.63, 3.8) is 0 Å². The third-order valence-electron chi connectivity index (χ3n) is 4.20. The normalized spacial score (nSPS) is 18.6. The van der Waals surface area contributed by atoms with Crippen molar-refractivity contribution in [1.82, 2.24) is 4.90 Å². The predicted octanol–water partition coefficient (Wildman–Crippen LogP) is 4.36. The number of anilines is 1. The lowest BCUT2D eigenvalue weighted by Crippen LogP contribution is -2.46. The number of aryl methyl sites for hydroxylation is 1. The lowest BCUT2D eigenvalue weighted by atomic mass is 10.2. The van der Waals surface area contributed by atoms with Crippen LogP contribution in [0.1, 0.15) is 11.1 Å². The van der Waals surface area contributed by atoms with Crippen LogP contribution in [-0.2, 0) is 4.79 Å². The number of hydrogen-bond donors (Lipinski definition) is 0. The number of halogens is 1. The standard InChI is InChI=1S/C19H16ClN3OS/c1-13-7-8-15(10-16(13)20)22-11-23-18(24)17(21-19(23)25-12-22)9-14-5-3-2-4-6-14/h2-10H,11-12H2,1H3. The lowest BCUT2D eigenvalue weighted by Gasteiger charge is -2.34. The molecule has 0 radical (unpaired) electrons. The number of nitrogens with zero attached hydrogens (tertiary/aromatic N) is 3. The van der Waals surface area contributed by atoms with Gasteiger partial charge >= 0.3 is 0 Å². The van der Waals surface area contributed by atoms with Crippen LogP contribution in [0.25, 0.3) is 6.08 Å². The second-order valence-electron chi connectivity index (χ2n) is 5.96. The number of carbonyl (C=O) groups excluding carboxylic acids is 1. The topological polar surface area (TPSA) is 35.9 Å². The summed E-state index contributed by atoms with van der Waals surface area (Å²) >= 11 is 7.80. The molecule has 6 heteroatoms. The fourth-order valence-corrected chi connectivity index (χ4v) is 3.89. The van der Waals surface area contributed by atoms with Gasteiger partial charge in [0.2, 0.25) is 0 Å². The van der Waals surface area contributed by atoms with Crippen molar-refractivity contribution in [2.24, 2.45) is 4.99 Å². The van der Waals surface area contributed by atoms with Gasteiger partial charge in [0.25, 0.3) is 5.91 Å². The Hall–Kier alpha value is -2.24. The van der Waals surface area contributed by atoms with Gasteiger partial charge in [-0.3, -0.25) is 9.69 Å². The van der Waals surface area contributed by atoms with Crippen LogP contribution >= 0.6 is 23.4 Å². The highest BCUT2D eigenvalue weighted by molar-refractivity contribution is 8.14. The first-order valence-electron chi connectivity index (χ1n) is 7.93. The summed E-state index contributed by atoms with van der Waals surface area (Å²) in [5.41, 5.74) is 3.51. The van der Waals surface area contributed by atoms with Gasteiger partial charge in [-0.15, -0.1) is 0 Å². The van der Waals surface area contributed by atoms with Crippen LogP contribution in [0, 0.1) is 6.92 Å². The molecule has 4 rings (SSSR count). The maximum Gasteiger partial charge on any atom is 0.280 e. The van der Waals surface area contributed by atoms with Crippen molar-refractivity contribution in [1.29, 1.82) is 0 Å². The molecule has 1 fully saturated rings. The predicted molar refractivity (Wildman–Crippen MR) is 105 cm³/mol. The minimum atomic E-state index is -0.0609. The number of aliphatic imine (C=N–C) groups is 1. The minimum absolute atomic E-state index is 0.0609. The van der Waals surface area contributed by atoms with Crippen LogP contribution < -0.4 is 4.90 Å². The molecule has 2 aliphatic rings. The van der Waals surface area contributed by atoms with Crippen LogP contribution in [0.3, 0.4) is 0 Å². The van der Waals surface area contributed by atoms with Crippen molar-refractivity contribution in [3.8, 4) is 0 Å². The van der Waals surface area contributed by atoms with E-state index in [2.05, 4.69) is 9.89 Å². The second-order valence-corrected chi connectivity index (χ2v) is 7.28. The van der Waals surface area contributed by atoms with Crippen LogP contribution in [0.15, 0.2) is 59.2 Å². The largest absolute Gasteiger partial charge is 0.343 e. The lowest BCUT2D eigenvalue weighted by molar-refractivity contribution is -0.122. The maximum atomic E-state index is 12.7. The molecule has 0 saturated carbocycles. The third-order valence-corrected chi connectivity index (χ3v) is 5.61. The average molecular weight is 370 g/mol. The number of amidine groups is 1. The van der Waals surface area contributed by atoms with E-state index in [4.69, 9.17) is 11.6 Å². The molecule has 0 N–H and O–H groups in total. The highest BCUT2D eigenvalue weighted by Crippen LogP contribution is 2.32. The molecule has 25 heavy (non-hydrogen) atoms. The zero-order valence-corrected chi connectivity index (χ0v) is 15.2. The van der Waals surface area contributed by atoms with Gasteiger partial charge in [-0.25, -0.2) is 4.99 Å². The van der Waals surface area contributed by atoms with Crippen molar-refractivity contribution < 1.29 is 4.79 Å². The first-order chi connectivity index (χ1) is 12.1. The van der Waals surface area contributed by atoms with Gasteiger partial charge in [0, 0.05) is 10.7 Å². The van der Waals surface area contributed by atoms with Gasteiger partial charge in [-0.2, -0.15) is 0 Å². The van der Waals surface area contributed by atoms with E-state index in [1.165, 1.54) is 0 Å².